The van der Waals surface area contributed by atoms with Crippen LogP contribution in [0.2, 0.25) is 0 Å². The van der Waals surface area contributed by atoms with Crippen molar-refractivity contribution in [1.82, 2.24) is 4.90 Å². The number of halogens is 1. The molecule has 1 heterocycles. The monoisotopic (exact) mass is 291 g/mol. The molecule has 1 fully saturated rings. The van der Waals surface area contributed by atoms with Gasteiger partial charge in [-0.3, -0.25) is 0 Å². The van der Waals surface area contributed by atoms with Gasteiger partial charge in [0.25, 0.3) is 0 Å². The first-order valence-electron chi connectivity index (χ1n) is 6.59. The molecular weight excluding hydrogens is 269 g/mol. The van der Waals surface area contributed by atoms with E-state index in [1.165, 1.54) is 0 Å². The van der Waals surface area contributed by atoms with E-state index in [0.717, 1.165) is 4.90 Å². The highest BCUT2D eigenvalue weighted by Gasteiger charge is 2.49. The van der Waals surface area contributed by atoms with E-state index in [4.69, 9.17) is 4.74 Å². The van der Waals surface area contributed by atoms with Crippen molar-refractivity contribution in [3.05, 3.63) is 0 Å². The number of hydrogen-bond acceptors (Lipinski definition) is 5. The molecule has 6 nitrogen and oxygen atoms in total. The van der Waals surface area contributed by atoms with Gasteiger partial charge in [-0.25, -0.2) is 14.0 Å². The minimum absolute atomic E-state index is 0.0348. The molecule has 2 atom stereocenters. The summed E-state index contributed by atoms with van der Waals surface area (Å²) in [5, 5.41) is 9.68. The molecule has 7 heteroatoms. The lowest BCUT2D eigenvalue weighted by Crippen LogP contribution is -2.57. The molecule has 116 valence electrons. The Balaban J connectivity index is 2.80. The lowest BCUT2D eigenvalue weighted by atomic mass is 9.93. The van der Waals surface area contributed by atoms with Gasteiger partial charge in [0.2, 0.25) is 5.67 Å². The molecule has 1 aliphatic rings. The standard InChI is InChI=1S/C13H22FNO5/c1-5-19-10(17)13(14)6-9(16)7-15(8-13)11(18)20-12(2,3)4/h9,16H,5-8H2,1-4H3. The summed E-state index contributed by atoms with van der Waals surface area (Å²) in [7, 11) is 0. The number of β-amino-alcohol motifs (C(OH)–C–C–N with tert-alkyl or cyclic N) is 1. The number of nitrogens with zero attached hydrogens (tertiary/aromatic N) is 1. The molecule has 1 N–H and O–H groups in total. The maximum Gasteiger partial charge on any atom is 0.410 e. The van der Waals surface area contributed by atoms with Gasteiger partial charge in [-0.05, 0) is 27.7 Å². The maximum absolute atomic E-state index is 14.6. The molecule has 0 aromatic carbocycles. The van der Waals surface area contributed by atoms with Crippen molar-refractivity contribution in [1.29, 1.82) is 0 Å². The zero-order chi connectivity index (χ0) is 15.6. The molecule has 20 heavy (non-hydrogen) atoms. The summed E-state index contributed by atoms with van der Waals surface area (Å²) in [5.74, 6) is -1.06. The Morgan fingerprint density at radius 3 is 2.55 bits per heavy atom. The smallest absolute Gasteiger partial charge is 0.410 e. The van der Waals surface area contributed by atoms with E-state index in [1.54, 1.807) is 27.7 Å². The number of hydrogen-bond donors (Lipinski definition) is 1. The number of carbonyl (C=O) groups excluding carboxylic acids is 2. The molecular formula is C13H22FNO5. The van der Waals surface area contributed by atoms with Gasteiger partial charge < -0.3 is 19.5 Å². The fourth-order valence-corrected chi connectivity index (χ4v) is 2.00. The fourth-order valence-electron chi connectivity index (χ4n) is 2.00. The van der Waals surface area contributed by atoms with Crippen molar-refractivity contribution in [2.24, 2.45) is 0 Å². The summed E-state index contributed by atoms with van der Waals surface area (Å²) in [6, 6.07) is 0. The van der Waals surface area contributed by atoms with Gasteiger partial charge in [0, 0.05) is 6.42 Å². The SMILES string of the molecule is CCOC(=O)C1(F)CC(O)CN(C(=O)OC(C)(C)C)C1. The lowest BCUT2D eigenvalue weighted by Gasteiger charge is -2.38. The van der Waals surface area contributed by atoms with Crippen LogP contribution in [0.15, 0.2) is 0 Å². The number of carbonyl (C=O) groups is 2. The minimum Gasteiger partial charge on any atom is -0.464 e. The molecule has 0 saturated carbocycles. The van der Waals surface area contributed by atoms with Crippen LogP contribution in [0, 0.1) is 0 Å². The molecule has 1 saturated heterocycles. The lowest BCUT2D eigenvalue weighted by molar-refractivity contribution is -0.164. The van der Waals surface area contributed by atoms with Crippen LogP contribution in [0.4, 0.5) is 9.18 Å². The Morgan fingerprint density at radius 1 is 1.45 bits per heavy atom. The van der Waals surface area contributed by atoms with E-state index in [0.29, 0.717) is 0 Å². The van der Waals surface area contributed by atoms with Crippen LogP contribution < -0.4 is 0 Å². The second kappa shape index (κ2) is 5.95. The quantitative estimate of drug-likeness (QED) is 0.775. The molecule has 1 rings (SSSR count). The Morgan fingerprint density at radius 2 is 2.05 bits per heavy atom. The van der Waals surface area contributed by atoms with Crippen LogP contribution in [0.3, 0.4) is 0 Å². The number of aliphatic hydroxyl groups excluding tert-OH is 1. The van der Waals surface area contributed by atoms with Crippen molar-refractivity contribution in [3.8, 4) is 0 Å². The number of likely N-dealkylation sites (tertiary alicyclic amines) is 1. The largest absolute Gasteiger partial charge is 0.464 e. The van der Waals surface area contributed by atoms with Crippen LogP contribution in [0.5, 0.6) is 0 Å². The zero-order valence-electron chi connectivity index (χ0n) is 12.3. The zero-order valence-corrected chi connectivity index (χ0v) is 12.3. The normalized spacial score (nSPS) is 27.1. The van der Waals surface area contributed by atoms with Crippen LogP contribution >= 0.6 is 0 Å². The van der Waals surface area contributed by atoms with Gasteiger partial charge in [-0.1, -0.05) is 0 Å². The van der Waals surface area contributed by atoms with Gasteiger partial charge in [-0.2, -0.15) is 0 Å². The maximum atomic E-state index is 14.6. The number of alkyl halides is 1. The number of ether oxygens (including phenoxy) is 2. The van der Waals surface area contributed by atoms with Crippen molar-refractivity contribution in [2.75, 3.05) is 19.7 Å². The average molecular weight is 291 g/mol. The van der Waals surface area contributed by atoms with E-state index in [9.17, 15) is 19.1 Å². The molecule has 0 aromatic heterocycles. The minimum atomic E-state index is -2.40. The highest BCUT2D eigenvalue weighted by atomic mass is 19.1. The Hall–Kier alpha value is -1.37. The summed E-state index contributed by atoms with van der Waals surface area (Å²) in [6.45, 7) is 6.09. The number of piperidine rings is 1. The van der Waals surface area contributed by atoms with E-state index >= 15 is 0 Å². The Labute approximate surface area is 117 Å². The van der Waals surface area contributed by atoms with Gasteiger partial charge in [0.15, 0.2) is 0 Å². The third-order valence-electron chi connectivity index (χ3n) is 2.72. The first kappa shape index (κ1) is 16.7. The number of aliphatic hydroxyl groups is 1. The van der Waals surface area contributed by atoms with Crippen molar-refractivity contribution in [3.63, 3.8) is 0 Å². The molecule has 0 radical (unpaired) electrons. The highest BCUT2D eigenvalue weighted by Crippen LogP contribution is 2.28. The Bertz CT molecular complexity index is 381. The van der Waals surface area contributed by atoms with E-state index < -0.39 is 36.0 Å². The summed E-state index contributed by atoms with van der Waals surface area (Å²) in [6.07, 6.45) is -2.28. The second-order valence-corrected chi connectivity index (χ2v) is 5.90. The summed E-state index contributed by atoms with van der Waals surface area (Å²) < 4.78 is 24.3. The van der Waals surface area contributed by atoms with E-state index in [-0.39, 0.29) is 19.6 Å². The van der Waals surface area contributed by atoms with E-state index in [1.807, 2.05) is 0 Å². The third kappa shape index (κ3) is 4.33. The topological polar surface area (TPSA) is 76.1 Å². The number of esters is 1. The van der Waals surface area contributed by atoms with Crippen molar-refractivity contribution < 1.29 is 28.6 Å². The number of rotatable bonds is 2. The number of amides is 1. The van der Waals surface area contributed by atoms with Crippen molar-refractivity contribution in [2.45, 2.75) is 51.5 Å². The van der Waals surface area contributed by atoms with Crippen LogP contribution in [0.1, 0.15) is 34.1 Å². The molecule has 0 spiro atoms. The molecule has 0 bridgehead atoms. The predicted molar refractivity (Wildman–Crippen MR) is 68.9 cm³/mol. The summed E-state index contributed by atoms with van der Waals surface area (Å²) >= 11 is 0. The van der Waals surface area contributed by atoms with Crippen LogP contribution in [-0.4, -0.2) is 59.1 Å². The molecule has 1 aliphatic heterocycles. The molecule has 0 aromatic rings. The van der Waals surface area contributed by atoms with Crippen molar-refractivity contribution >= 4 is 12.1 Å². The summed E-state index contributed by atoms with van der Waals surface area (Å²) in [4.78, 5) is 24.5. The van der Waals surface area contributed by atoms with Crippen LogP contribution in [-0.2, 0) is 14.3 Å². The Kier molecular flexibility index (Phi) is 4.96. The van der Waals surface area contributed by atoms with Crippen LogP contribution in [0.25, 0.3) is 0 Å². The predicted octanol–water partition coefficient (Wildman–Crippen LogP) is 1.26. The van der Waals surface area contributed by atoms with Gasteiger partial charge in [0.05, 0.1) is 25.8 Å². The first-order chi connectivity index (χ1) is 9.07. The first-order valence-corrected chi connectivity index (χ1v) is 6.59. The fraction of sp³-hybridized carbons (Fsp3) is 0.846. The molecule has 1 amide bonds. The second-order valence-electron chi connectivity index (χ2n) is 5.90. The van der Waals surface area contributed by atoms with Gasteiger partial charge >= 0.3 is 12.1 Å². The van der Waals surface area contributed by atoms with E-state index in [2.05, 4.69) is 4.74 Å². The molecule has 0 aliphatic carbocycles. The van der Waals surface area contributed by atoms with Gasteiger partial charge in [0.1, 0.15) is 5.60 Å². The highest BCUT2D eigenvalue weighted by molar-refractivity contribution is 5.81. The summed E-state index contributed by atoms with van der Waals surface area (Å²) in [5.41, 5.74) is -3.13. The third-order valence-corrected chi connectivity index (χ3v) is 2.72. The van der Waals surface area contributed by atoms with Gasteiger partial charge in [-0.15, -0.1) is 0 Å². The molecule has 2 unspecified atom stereocenters. The average Bonchev–Trinajstić information content (AvgIpc) is 2.25.